The van der Waals surface area contributed by atoms with Crippen molar-refractivity contribution in [1.82, 2.24) is 5.32 Å². The van der Waals surface area contributed by atoms with Crippen LogP contribution in [0.3, 0.4) is 0 Å². The van der Waals surface area contributed by atoms with Gasteiger partial charge >= 0.3 is 12.3 Å². The number of carbonyl (C=O) groups is 4. The van der Waals surface area contributed by atoms with Crippen molar-refractivity contribution in [2.45, 2.75) is 44.6 Å². The molecule has 2 heterocycles. The number of rotatable bonds is 1. The van der Waals surface area contributed by atoms with Crippen LogP contribution in [0.25, 0.3) is 0 Å². The highest BCUT2D eigenvalue weighted by Crippen LogP contribution is 2.28. The van der Waals surface area contributed by atoms with Crippen LogP contribution in [-0.2, 0) is 19.1 Å². The number of anilines is 2. The maximum atomic E-state index is 13.2. The van der Waals surface area contributed by atoms with Crippen molar-refractivity contribution in [3.8, 4) is 11.5 Å². The first-order valence-electron chi connectivity index (χ1n) is 11.7. The molecule has 2 aromatic rings. The third kappa shape index (κ3) is 11.3. The number of halogens is 5. The Bertz CT molecular complexity index is 1270. The van der Waals surface area contributed by atoms with Gasteiger partial charge in [-0.15, -0.1) is 0 Å². The first-order chi connectivity index (χ1) is 19.0. The lowest BCUT2D eigenvalue weighted by atomic mass is 10.2. The molecule has 0 saturated carbocycles. The molecule has 0 bridgehead atoms. The molecule has 2 aromatic carbocycles. The fourth-order valence-electron chi connectivity index (χ4n) is 2.96. The summed E-state index contributed by atoms with van der Waals surface area (Å²) in [4.78, 5) is 43.6. The summed E-state index contributed by atoms with van der Waals surface area (Å²) in [5.41, 5.74) is 5.35. The van der Waals surface area contributed by atoms with Gasteiger partial charge in [-0.25, -0.2) is 13.6 Å². The summed E-state index contributed by atoms with van der Waals surface area (Å²) >= 11 is 0. The molecule has 2 aliphatic heterocycles. The SMILES string of the molecule is CC(C)(C)OC(=O)N[C@H]1COc2ccc(F)cc2NC1=O.N[C@H]1COc2ccc(F)cc2NC1=O.O=CC(F)(F)F. The first-order valence-corrected chi connectivity index (χ1v) is 11.7. The standard InChI is InChI=1S/C14H17FN2O4.C9H9FN2O2.C2HF3O/c1-14(2,3)21-13(19)17-10-7-20-11-5-4-8(15)6-9(11)16-12(10)18;10-5-1-2-8-7(3-5)12-9(13)6(11)4-14-8;3-2(4,5)1-6/h4-6,10H,7H2,1-3H3,(H,16,18)(H,17,19);1-3,6H,4,11H2,(H,12,13);1H/t10-;6-;/m00./s1. The molecule has 0 aliphatic carbocycles. The summed E-state index contributed by atoms with van der Waals surface area (Å²) < 4.78 is 72.9. The van der Waals surface area contributed by atoms with Crippen LogP contribution >= 0.6 is 0 Å². The summed E-state index contributed by atoms with van der Waals surface area (Å²) in [6, 6.07) is 6.09. The van der Waals surface area contributed by atoms with Crippen molar-refractivity contribution in [3.05, 3.63) is 48.0 Å². The number of nitrogens with one attached hydrogen (secondary N) is 3. The third-order valence-corrected chi connectivity index (χ3v) is 4.70. The first kappa shape index (κ1) is 32.7. The molecule has 16 heteroatoms. The zero-order chi connectivity index (χ0) is 31.0. The van der Waals surface area contributed by atoms with Gasteiger partial charge in [0.2, 0.25) is 12.2 Å². The highest BCUT2D eigenvalue weighted by Gasteiger charge is 2.28. The Morgan fingerprint density at radius 1 is 0.951 bits per heavy atom. The van der Waals surface area contributed by atoms with Gasteiger partial charge in [-0.1, -0.05) is 0 Å². The van der Waals surface area contributed by atoms with Crippen molar-refractivity contribution in [2.24, 2.45) is 5.73 Å². The Labute approximate surface area is 230 Å². The summed E-state index contributed by atoms with van der Waals surface area (Å²) in [7, 11) is 0. The van der Waals surface area contributed by atoms with Crippen LogP contribution in [0.1, 0.15) is 20.8 Å². The molecule has 2 aliphatic rings. The molecule has 0 aromatic heterocycles. The number of nitrogens with two attached hydrogens (primary N) is 1. The van der Waals surface area contributed by atoms with E-state index in [1.165, 1.54) is 30.3 Å². The van der Waals surface area contributed by atoms with Gasteiger partial charge in [0.15, 0.2) is 0 Å². The van der Waals surface area contributed by atoms with Gasteiger partial charge in [0.05, 0.1) is 11.4 Å². The molecule has 4 rings (SSSR count). The Morgan fingerprint density at radius 2 is 1.41 bits per heavy atom. The monoisotopic (exact) mass is 590 g/mol. The number of aldehydes is 1. The largest absolute Gasteiger partial charge is 0.489 e. The molecule has 11 nitrogen and oxygen atoms in total. The topological polar surface area (TPSA) is 158 Å². The van der Waals surface area contributed by atoms with Crippen molar-refractivity contribution >= 4 is 35.6 Å². The predicted molar refractivity (Wildman–Crippen MR) is 134 cm³/mol. The van der Waals surface area contributed by atoms with Gasteiger partial charge in [0.1, 0.15) is 54.0 Å². The minimum Gasteiger partial charge on any atom is -0.489 e. The maximum Gasteiger partial charge on any atom is 0.446 e. The quantitative estimate of drug-likeness (QED) is 0.291. The van der Waals surface area contributed by atoms with E-state index in [1.807, 2.05) is 0 Å². The number of benzene rings is 2. The zero-order valence-electron chi connectivity index (χ0n) is 21.9. The third-order valence-electron chi connectivity index (χ3n) is 4.70. The molecule has 5 N–H and O–H groups in total. The molecule has 41 heavy (non-hydrogen) atoms. The summed E-state index contributed by atoms with van der Waals surface area (Å²) in [6.07, 6.45) is -6.42. The average Bonchev–Trinajstić information content (AvgIpc) is 3.09. The van der Waals surface area contributed by atoms with Gasteiger partial charge in [-0.2, -0.15) is 13.2 Å². The van der Waals surface area contributed by atoms with Crippen LogP contribution in [0.5, 0.6) is 11.5 Å². The van der Waals surface area contributed by atoms with Crippen LogP contribution in [0.4, 0.5) is 38.1 Å². The highest BCUT2D eigenvalue weighted by atomic mass is 19.4. The van der Waals surface area contributed by atoms with E-state index in [0.29, 0.717) is 17.2 Å². The van der Waals surface area contributed by atoms with E-state index in [4.69, 9.17) is 24.7 Å². The summed E-state index contributed by atoms with van der Waals surface area (Å²) in [5.74, 6) is -0.996. The van der Waals surface area contributed by atoms with Gasteiger partial charge < -0.3 is 35.9 Å². The van der Waals surface area contributed by atoms with Crippen molar-refractivity contribution in [3.63, 3.8) is 0 Å². The zero-order valence-corrected chi connectivity index (χ0v) is 21.9. The molecule has 0 spiro atoms. The molecule has 0 fully saturated rings. The summed E-state index contributed by atoms with van der Waals surface area (Å²) in [6.45, 7) is 5.19. The van der Waals surface area contributed by atoms with Gasteiger partial charge in [0.25, 0.3) is 5.91 Å². The number of hydrogen-bond donors (Lipinski definition) is 4. The normalized spacial score (nSPS) is 17.8. The molecule has 3 amide bonds. The van der Waals surface area contributed by atoms with E-state index >= 15 is 0 Å². The fourth-order valence-corrected chi connectivity index (χ4v) is 2.96. The van der Waals surface area contributed by atoms with E-state index in [0.717, 1.165) is 6.07 Å². The lowest BCUT2D eigenvalue weighted by molar-refractivity contribution is -0.156. The number of alkyl halides is 3. The van der Waals surface area contributed by atoms with Crippen LogP contribution in [0.2, 0.25) is 0 Å². The van der Waals surface area contributed by atoms with Crippen LogP contribution in [0, 0.1) is 11.6 Å². The molecule has 0 radical (unpaired) electrons. The lowest BCUT2D eigenvalue weighted by Crippen LogP contribution is -2.48. The van der Waals surface area contributed by atoms with Crippen LogP contribution < -0.4 is 31.2 Å². The molecular weight excluding hydrogens is 563 g/mol. The predicted octanol–water partition coefficient (Wildman–Crippen LogP) is 3.28. The van der Waals surface area contributed by atoms with E-state index in [-0.39, 0.29) is 24.8 Å². The molecule has 224 valence electrons. The number of ether oxygens (including phenoxy) is 3. The number of fused-ring (bicyclic) bond motifs is 2. The maximum absolute atomic E-state index is 13.2. The van der Waals surface area contributed by atoms with E-state index < -0.39 is 53.8 Å². The fraction of sp³-hybridized carbons (Fsp3) is 0.360. The summed E-state index contributed by atoms with van der Waals surface area (Å²) in [5, 5.41) is 7.41. The minimum atomic E-state index is -4.64. The van der Waals surface area contributed by atoms with Crippen molar-refractivity contribution < 1.29 is 55.3 Å². The second-order valence-corrected chi connectivity index (χ2v) is 9.35. The van der Waals surface area contributed by atoms with Gasteiger partial charge in [-0.3, -0.25) is 14.4 Å². The minimum absolute atomic E-state index is 0.0658. The Kier molecular flexibility index (Phi) is 11.0. The number of carbonyl (C=O) groups excluding carboxylic acids is 4. The second kappa shape index (κ2) is 13.7. The molecular formula is C25H27F5N4O7. The Morgan fingerprint density at radius 3 is 1.88 bits per heavy atom. The van der Waals surface area contributed by atoms with E-state index in [9.17, 15) is 36.3 Å². The van der Waals surface area contributed by atoms with E-state index in [2.05, 4.69) is 16.0 Å². The average molecular weight is 591 g/mol. The van der Waals surface area contributed by atoms with Crippen molar-refractivity contribution in [2.75, 3.05) is 23.8 Å². The van der Waals surface area contributed by atoms with Crippen molar-refractivity contribution in [1.29, 1.82) is 0 Å². The molecule has 2 atom stereocenters. The molecule has 0 unspecified atom stereocenters. The second-order valence-electron chi connectivity index (χ2n) is 9.35. The lowest BCUT2D eigenvalue weighted by Gasteiger charge is -2.22. The number of hydrogen-bond acceptors (Lipinski definition) is 8. The van der Waals surface area contributed by atoms with Gasteiger partial charge in [-0.05, 0) is 45.0 Å². The van der Waals surface area contributed by atoms with Crippen LogP contribution in [-0.4, -0.2) is 61.3 Å². The van der Waals surface area contributed by atoms with Gasteiger partial charge in [0, 0.05) is 12.1 Å². The Balaban J connectivity index is 0.000000252. The van der Waals surface area contributed by atoms with E-state index in [1.54, 1.807) is 20.8 Å². The van der Waals surface area contributed by atoms with Crippen LogP contribution in [0.15, 0.2) is 36.4 Å². The number of alkyl carbamates (subject to hydrolysis) is 1. The number of amides is 3. The Hall–Kier alpha value is -4.47. The smallest absolute Gasteiger partial charge is 0.446 e. The highest BCUT2D eigenvalue weighted by molar-refractivity contribution is 5.98. The molecule has 0 saturated heterocycles.